The molecule has 0 unspecified atom stereocenters. The Balaban J connectivity index is 2.06. The first-order valence-corrected chi connectivity index (χ1v) is 6.67. The van der Waals surface area contributed by atoms with Crippen molar-refractivity contribution in [2.75, 3.05) is 26.2 Å². The molecule has 2 rings (SSSR count). The van der Waals surface area contributed by atoms with Crippen molar-refractivity contribution >= 4 is 34.6 Å². The van der Waals surface area contributed by atoms with Crippen LogP contribution in [-0.2, 0) is 4.79 Å². The number of amides is 1. The van der Waals surface area contributed by atoms with E-state index >= 15 is 0 Å². The van der Waals surface area contributed by atoms with Crippen molar-refractivity contribution in [3.63, 3.8) is 0 Å². The molecule has 1 fully saturated rings. The molecule has 2 heterocycles. The zero-order valence-corrected chi connectivity index (χ0v) is 10.8. The van der Waals surface area contributed by atoms with Gasteiger partial charge in [0.05, 0.1) is 9.21 Å². The SMILES string of the molecule is O=C(C(=O)N1CCCNCC1)c1ccc(Cl)s1. The Morgan fingerprint density at radius 1 is 1.29 bits per heavy atom. The highest BCUT2D eigenvalue weighted by Gasteiger charge is 2.24. The molecule has 1 N–H and O–H groups in total. The van der Waals surface area contributed by atoms with Crippen molar-refractivity contribution in [3.8, 4) is 0 Å². The Labute approximate surface area is 109 Å². The van der Waals surface area contributed by atoms with Crippen LogP contribution < -0.4 is 5.32 Å². The number of Topliss-reactive ketones (excluding diaryl/α,β-unsaturated/α-hetero) is 1. The Morgan fingerprint density at radius 2 is 2.12 bits per heavy atom. The standard InChI is InChI=1S/C11H13ClN2O2S/c12-9-3-2-8(17-9)10(15)11(16)14-6-1-4-13-5-7-14/h2-3,13H,1,4-7H2. The van der Waals surface area contributed by atoms with Crippen molar-refractivity contribution in [2.45, 2.75) is 6.42 Å². The topological polar surface area (TPSA) is 49.4 Å². The smallest absolute Gasteiger partial charge is 0.295 e. The molecule has 1 amide bonds. The summed E-state index contributed by atoms with van der Waals surface area (Å²) < 4.78 is 0.527. The van der Waals surface area contributed by atoms with E-state index in [-0.39, 0.29) is 0 Å². The molecule has 0 spiro atoms. The van der Waals surface area contributed by atoms with Crippen LogP contribution >= 0.6 is 22.9 Å². The van der Waals surface area contributed by atoms with Gasteiger partial charge in [-0.05, 0) is 25.1 Å². The second kappa shape index (κ2) is 5.62. The molecule has 0 aromatic carbocycles. The third-order valence-corrected chi connectivity index (χ3v) is 3.85. The van der Waals surface area contributed by atoms with E-state index in [1.54, 1.807) is 17.0 Å². The molecule has 4 nitrogen and oxygen atoms in total. The Hall–Kier alpha value is -0.910. The number of nitrogens with one attached hydrogen (secondary N) is 1. The van der Waals surface area contributed by atoms with E-state index in [2.05, 4.69) is 5.32 Å². The summed E-state index contributed by atoms with van der Waals surface area (Å²) in [7, 11) is 0. The highest BCUT2D eigenvalue weighted by Crippen LogP contribution is 2.22. The fraction of sp³-hybridized carbons (Fsp3) is 0.455. The summed E-state index contributed by atoms with van der Waals surface area (Å²) in [6, 6.07) is 3.24. The monoisotopic (exact) mass is 272 g/mol. The van der Waals surface area contributed by atoms with Crippen LogP contribution in [0.2, 0.25) is 4.34 Å². The minimum absolute atomic E-state index is 0.414. The number of carbonyl (C=O) groups is 2. The average Bonchev–Trinajstić information content (AvgIpc) is 2.60. The lowest BCUT2D eigenvalue weighted by Gasteiger charge is -2.18. The first-order chi connectivity index (χ1) is 8.18. The number of halogens is 1. The average molecular weight is 273 g/mol. The third-order valence-electron chi connectivity index (χ3n) is 2.62. The maximum atomic E-state index is 12.0. The molecule has 0 saturated carbocycles. The van der Waals surface area contributed by atoms with E-state index in [9.17, 15) is 9.59 Å². The van der Waals surface area contributed by atoms with Crippen LogP contribution in [0.15, 0.2) is 12.1 Å². The third kappa shape index (κ3) is 3.06. The lowest BCUT2D eigenvalue weighted by Crippen LogP contribution is -2.38. The van der Waals surface area contributed by atoms with E-state index in [1.807, 2.05) is 0 Å². The minimum Gasteiger partial charge on any atom is -0.334 e. The van der Waals surface area contributed by atoms with Gasteiger partial charge in [0, 0.05) is 19.6 Å². The Morgan fingerprint density at radius 3 is 2.82 bits per heavy atom. The van der Waals surface area contributed by atoms with Crippen LogP contribution in [0.25, 0.3) is 0 Å². The minimum atomic E-state index is -0.455. The zero-order chi connectivity index (χ0) is 12.3. The number of hydrogen-bond donors (Lipinski definition) is 1. The predicted octanol–water partition coefficient (Wildman–Crippen LogP) is 1.41. The lowest BCUT2D eigenvalue weighted by molar-refractivity contribution is -0.126. The van der Waals surface area contributed by atoms with Gasteiger partial charge in [0.25, 0.3) is 11.7 Å². The van der Waals surface area contributed by atoms with Crippen molar-refractivity contribution in [1.82, 2.24) is 10.2 Å². The largest absolute Gasteiger partial charge is 0.334 e. The molecule has 0 bridgehead atoms. The van der Waals surface area contributed by atoms with E-state index in [1.165, 1.54) is 0 Å². The van der Waals surface area contributed by atoms with Crippen LogP contribution in [0.1, 0.15) is 16.1 Å². The molecule has 1 aromatic rings. The van der Waals surface area contributed by atoms with E-state index in [0.717, 1.165) is 30.8 Å². The van der Waals surface area contributed by atoms with Crippen molar-refractivity contribution < 1.29 is 9.59 Å². The molecular formula is C11H13ClN2O2S. The summed E-state index contributed by atoms with van der Waals surface area (Å²) in [5.41, 5.74) is 0. The first-order valence-electron chi connectivity index (χ1n) is 5.48. The van der Waals surface area contributed by atoms with Crippen molar-refractivity contribution in [3.05, 3.63) is 21.3 Å². The molecule has 0 radical (unpaired) electrons. The molecule has 1 aliphatic rings. The van der Waals surface area contributed by atoms with Gasteiger partial charge in [-0.3, -0.25) is 9.59 Å². The fourth-order valence-electron chi connectivity index (χ4n) is 1.73. The number of ketones is 1. The maximum absolute atomic E-state index is 12.0. The first kappa shape index (κ1) is 12.5. The molecule has 17 heavy (non-hydrogen) atoms. The van der Waals surface area contributed by atoms with Gasteiger partial charge in [-0.25, -0.2) is 0 Å². The molecule has 1 saturated heterocycles. The fourth-order valence-corrected chi connectivity index (χ4v) is 2.71. The molecule has 1 aromatic heterocycles. The summed E-state index contributed by atoms with van der Waals surface area (Å²) in [6.07, 6.45) is 0.879. The Kier molecular flexibility index (Phi) is 4.15. The van der Waals surface area contributed by atoms with Gasteiger partial charge in [0.15, 0.2) is 0 Å². The number of thiophene rings is 1. The van der Waals surface area contributed by atoms with Crippen LogP contribution in [-0.4, -0.2) is 42.8 Å². The lowest BCUT2D eigenvalue weighted by atomic mass is 10.2. The van der Waals surface area contributed by atoms with Gasteiger partial charge >= 0.3 is 0 Å². The van der Waals surface area contributed by atoms with Crippen molar-refractivity contribution in [1.29, 1.82) is 0 Å². The van der Waals surface area contributed by atoms with Crippen LogP contribution in [0, 0.1) is 0 Å². The van der Waals surface area contributed by atoms with E-state index in [4.69, 9.17) is 11.6 Å². The summed E-state index contributed by atoms with van der Waals surface area (Å²) in [5, 5.41) is 3.19. The van der Waals surface area contributed by atoms with Crippen LogP contribution in [0.4, 0.5) is 0 Å². The number of rotatable bonds is 2. The molecule has 1 aliphatic heterocycles. The maximum Gasteiger partial charge on any atom is 0.295 e. The second-order valence-corrected chi connectivity index (χ2v) is 5.54. The summed E-state index contributed by atoms with van der Waals surface area (Å²) in [6.45, 7) is 2.85. The molecular weight excluding hydrogens is 260 g/mol. The molecule has 0 atom stereocenters. The number of hydrogen-bond acceptors (Lipinski definition) is 4. The summed E-state index contributed by atoms with van der Waals surface area (Å²) in [4.78, 5) is 25.9. The van der Waals surface area contributed by atoms with Gasteiger partial charge in [-0.2, -0.15) is 0 Å². The summed E-state index contributed by atoms with van der Waals surface area (Å²) >= 11 is 6.90. The molecule has 92 valence electrons. The zero-order valence-electron chi connectivity index (χ0n) is 9.24. The Bertz CT molecular complexity index is 425. The van der Waals surface area contributed by atoms with Gasteiger partial charge < -0.3 is 10.2 Å². The van der Waals surface area contributed by atoms with Gasteiger partial charge in [0.1, 0.15) is 0 Å². The van der Waals surface area contributed by atoms with Gasteiger partial charge in [0.2, 0.25) is 0 Å². The van der Waals surface area contributed by atoms with Crippen LogP contribution in [0.5, 0.6) is 0 Å². The van der Waals surface area contributed by atoms with E-state index < -0.39 is 11.7 Å². The van der Waals surface area contributed by atoms with Gasteiger partial charge in [-0.1, -0.05) is 11.6 Å². The second-order valence-electron chi connectivity index (χ2n) is 3.83. The summed E-state index contributed by atoms with van der Waals surface area (Å²) in [5.74, 6) is -0.879. The predicted molar refractivity (Wildman–Crippen MR) is 67.7 cm³/mol. The highest BCUT2D eigenvalue weighted by atomic mass is 35.5. The quantitative estimate of drug-likeness (QED) is 0.654. The van der Waals surface area contributed by atoms with Crippen LogP contribution in [0.3, 0.4) is 0 Å². The molecule has 0 aliphatic carbocycles. The normalized spacial score (nSPS) is 16.6. The van der Waals surface area contributed by atoms with E-state index in [0.29, 0.717) is 22.3 Å². The highest BCUT2D eigenvalue weighted by molar-refractivity contribution is 7.18. The molecule has 6 heteroatoms. The number of carbonyl (C=O) groups excluding carboxylic acids is 2. The number of nitrogens with zero attached hydrogens (tertiary/aromatic N) is 1. The van der Waals surface area contributed by atoms with Gasteiger partial charge in [-0.15, -0.1) is 11.3 Å². The van der Waals surface area contributed by atoms with Crippen molar-refractivity contribution in [2.24, 2.45) is 0 Å².